The highest BCUT2D eigenvalue weighted by atomic mass is 35.5. The molecule has 1 amide bonds. The van der Waals surface area contributed by atoms with E-state index in [2.05, 4.69) is 20.1 Å². The first kappa shape index (κ1) is 20.8. The van der Waals surface area contributed by atoms with Crippen LogP contribution in [0.15, 0.2) is 53.7 Å². The molecule has 30 heavy (non-hydrogen) atoms. The van der Waals surface area contributed by atoms with Crippen LogP contribution in [0.2, 0.25) is 5.02 Å². The molecule has 1 aliphatic carbocycles. The van der Waals surface area contributed by atoms with Crippen LogP contribution in [0, 0.1) is 6.92 Å². The molecule has 0 spiro atoms. The number of nitrogens with zero attached hydrogens (tertiary/aromatic N) is 3. The van der Waals surface area contributed by atoms with Crippen LogP contribution in [0.5, 0.6) is 5.75 Å². The molecular formula is C22H23ClN4O2S. The Hall–Kier alpha value is -2.51. The molecule has 1 aliphatic rings. The lowest BCUT2D eigenvalue weighted by Crippen LogP contribution is -2.24. The lowest BCUT2D eigenvalue weighted by atomic mass is 10.1. The SMILES string of the molecule is Cc1ccc(CNC(=O)CSc2nnc(COc3ccccc3Cl)n2C2CC2)cc1. The lowest BCUT2D eigenvalue weighted by Gasteiger charge is -2.11. The summed E-state index contributed by atoms with van der Waals surface area (Å²) in [5, 5.41) is 12.9. The van der Waals surface area contributed by atoms with E-state index in [0.717, 1.165) is 29.4 Å². The van der Waals surface area contributed by atoms with Crippen LogP contribution in [-0.4, -0.2) is 26.4 Å². The van der Waals surface area contributed by atoms with E-state index >= 15 is 0 Å². The van der Waals surface area contributed by atoms with Crippen molar-refractivity contribution in [2.45, 2.75) is 44.1 Å². The molecule has 6 nitrogen and oxygen atoms in total. The number of carbonyl (C=O) groups is 1. The summed E-state index contributed by atoms with van der Waals surface area (Å²) in [6.07, 6.45) is 2.18. The fourth-order valence-electron chi connectivity index (χ4n) is 3.00. The van der Waals surface area contributed by atoms with Crippen molar-refractivity contribution in [1.29, 1.82) is 0 Å². The number of aromatic nitrogens is 3. The summed E-state index contributed by atoms with van der Waals surface area (Å²) in [5.41, 5.74) is 2.29. The Balaban J connectivity index is 1.33. The van der Waals surface area contributed by atoms with E-state index in [1.165, 1.54) is 17.3 Å². The van der Waals surface area contributed by atoms with Crippen molar-refractivity contribution in [2.24, 2.45) is 0 Å². The standard InChI is InChI=1S/C22H23ClN4O2S/c1-15-6-8-16(9-7-15)12-24-21(28)14-30-22-26-25-20(27(22)17-10-11-17)13-29-19-5-3-2-4-18(19)23/h2-9,17H,10-14H2,1H3,(H,24,28). The van der Waals surface area contributed by atoms with Crippen LogP contribution < -0.4 is 10.1 Å². The topological polar surface area (TPSA) is 69.0 Å². The number of amides is 1. The summed E-state index contributed by atoms with van der Waals surface area (Å²) in [7, 11) is 0. The zero-order valence-corrected chi connectivity index (χ0v) is 18.2. The Morgan fingerprint density at radius 3 is 2.70 bits per heavy atom. The Morgan fingerprint density at radius 1 is 1.20 bits per heavy atom. The number of rotatable bonds is 9. The van der Waals surface area contributed by atoms with E-state index in [9.17, 15) is 4.79 Å². The number of nitrogens with one attached hydrogen (secondary N) is 1. The Labute approximate surface area is 185 Å². The summed E-state index contributed by atoms with van der Waals surface area (Å²) in [4.78, 5) is 12.3. The molecule has 3 aromatic rings. The van der Waals surface area contributed by atoms with Gasteiger partial charge in [0, 0.05) is 12.6 Å². The van der Waals surface area contributed by atoms with Gasteiger partial charge in [-0.15, -0.1) is 10.2 Å². The molecule has 1 fully saturated rings. The zero-order chi connectivity index (χ0) is 20.9. The van der Waals surface area contributed by atoms with Crippen molar-refractivity contribution >= 4 is 29.3 Å². The quantitative estimate of drug-likeness (QED) is 0.492. The number of hydrogen-bond donors (Lipinski definition) is 1. The van der Waals surface area contributed by atoms with Crippen LogP contribution in [0.4, 0.5) is 0 Å². The average molecular weight is 443 g/mol. The van der Waals surface area contributed by atoms with E-state index in [0.29, 0.717) is 29.1 Å². The van der Waals surface area contributed by atoms with Gasteiger partial charge in [-0.05, 0) is 37.5 Å². The number of benzene rings is 2. The molecule has 1 saturated carbocycles. The number of aryl methyl sites for hydroxylation is 1. The third-order valence-corrected chi connectivity index (χ3v) is 6.04. The summed E-state index contributed by atoms with van der Waals surface area (Å²) >= 11 is 7.56. The molecule has 1 aromatic heterocycles. The molecule has 0 unspecified atom stereocenters. The van der Waals surface area contributed by atoms with Gasteiger partial charge in [-0.1, -0.05) is 65.3 Å². The molecule has 1 heterocycles. The van der Waals surface area contributed by atoms with Crippen molar-refractivity contribution in [2.75, 3.05) is 5.75 Å². The third-order valence-electron chi connectivity index (χ3n) is 4.78. The molecule has 156 valence electrons. The highest BCUT2D eigenvalue weighted by Crippen LogP contribution is 2.39. The van der Waals surface area contributed by atoms with Crippen molar-refractivity contribution in [1.82, 2.24) is 20.1 Å². The van der Waals surface area contributed by atoms with Crippen LogP contribution in [0.3, 0.4) is 0 Å². The van der Waals surface area contributed by atoms with Crippen molar-refractivity contribution in [3.05, 3.63) is 70.5 Å². The van der Waals surface area contributed by atoms with Gasteiger partial charge in [0.05, 0.1) is 10.8 Å². The molecule has 8 heteroatoms. The molecule has 0 saturated heterocycles. The van der Waals surface area contributed by atoms with Crippen LogP contribution >= 0.6 is 23.4 Å². The maximum atomic E-state index is 12.3. The first-order valence-electron chi connectivity index (χ1n) is 9.86. The van der Waals surface area contributed by atoms with Gasteiger partial charge in [-0.3, -0.25) is 9.36 Å². The minimum atomic E-state index is -0.0280. The van der Waals surface area contributed by atoms with E-state index in [1.807, 2.05) is 49.4 Å². The maximum Gasteiger partial charge on any atom is 0.230 e. The number of para-hydroxylation sites is 1. The van der Waals surface area contributed by atoms with Crippen molar-refractivity contribution in [3.63, 3.8) is 0 Å². The number of carbonyl (C=O) groups excluding carboxylic acids is 1. The van der Waals surface area contributed by atoms with Gasteiger partial charge in [0.2, 0.25) is 5.91 Å². The average Bonchev–Trinajstić information content (AvgIpc) is 3.51. The maximum absolute atomic E-state index is 12.3. The predicted octanol–water partition coefficient (Wildman–Crippen LogP) is 4.56. The highest BCUT2D eigenvalue weighted by Gasteiger charge is 2.30. The fraction of sp³-hybridized carbons (Fsp3) is 0.318. The fourth-order valence-corrected chi connectivity index (χ4v) is 4.04. The lowest BCUT2D eigenvalue weighted by molar-refractivity contribution is -0.118. The van der Waals surface area contributed by atoms with Gasteiger partial charge in [0.1, 0.15) is 12.4 Å². The monoisotopic (exact) mass is 442 g/mol. The largest absolute Gasteiger partial charge is 0.484 e. The molecule has 0 bridgehead atoms. The van der Waals surface area contributed by atoms with Gasteiger partial charge < -0.3 is 10.1 Å². The van der Waals surface area contributed by atoms with E-state index in [4.69, 9.17) is 16.3 Å². The third kappa shape index (κ3) is 5.34. The van der Waals surface area contributed by atoms with Gasteiger partial charge in [-0.25, -0.2) is 0 Å². The Kier molecular flexibility index (Phi) is 6.59. The summed E-state index contributed by atoms with van der Waals surface area (Å²) in [5.74, 6) is 1.64. The highest BCUT2D eigenvalue weighted by molar-refractivity contribution is 7.99. The second kappa shape index (κ2) is 9.53. The second-order valence-electron chi connectivity index (χ2n) is 7.27. The van der Waals surface area contributed by atoms with E-state index in [-0.39, 0.29) is 12.5 Å². The molecular weight excluding hydrogens is 420 g/mol. The Morgan fingerprint density at radius 2 is 1.97 bits per heavy atom. The number of ether oxygens (including phenoxy) is 1. The van der Waals surface area contributed by atoms with E-state index < -0.39 is 0 Å². The molecule has 4 rings (SSSR count). The number of hydrogen-bond acceptors (Lipinski definition) is 5. The minimum Gasteiger partial charge on any atom is -0.484 e. The van der Waals surface area contributed by atoms with Gasteiger partial charge >= 0.3 is 0 Å². The van der Waals surface area contributed by atoms with Crippen molar-refractivity contribution in [3.8, 4) is 5.75 Å². The van der Waals surface area contributed by atoms with Crippen LogP contribution in [-0.2, 0) is 17.9 Å². The van der Waals surface area contributed by atoms with Gasteiger partial charge in [0.25, 0.3) is 0 Å². The number of halogens is 1. The molecule has 0 atom stereocenters. The molecule has 0 radical (unpaired) electrons. The Bertz CT molecular complexity index is 1020. The summed E-state index contributed by atoms with van der Waals surface area (Å²) in [6.45, 7) is 2.85. The minimum absolute atomic E-state index is 0.0280. The predicted molar refractivity (Wildman–Crippen MR) is 118 cm³/mol. The first-order chi connectivity index (χ1) is 14.6. The molecule has 2 aromatic carbocycles. The second-order valence-corrected chi connectivity index (χ2v) is 8.62. The number of thioether (sulfide) groups is 1. The smallest absolute Gasteiger partial charge is 0.230 e. The molecule has 1 N–H and O–H groups in total. The summed E-state index contributed by atoms with van der Waals surface area (Å²) < 4.78 is 7.92. The van der Waals surface area contributed by atoms with Gasteiger partial charge in [0.15, 0.2) is 11.0 Å². The van der Waals surface area contributed by atoms with Crippen LogP contribution in [0.1, 0.15) is 35.8 Å². The zero-order valence-electron chi connectivity index (χ0n) is 16.7. The molecule has 0 aliphatic heterocycles. The van der Waals surface area contributed by atoms with Gasteiger partial charge in [-0.2, -0.15) is 0 Å². The van der Waals surface area contributed by atoms with Crippen LogP contribution in [0.25, 0.3) is 0 Å². The van der Waals surface area contributed by atoms with Crippen molar-refractivity contribution < 1.29 is 9.53 Å². The first-order valence-corrected chi connectivity index (χ1v) is 11.2. The normalized spacial score (nSPS) is 13.3. The van der Waals surface area contributed by atoms with E-state index in [1.54, 1.807) is 6.07 Å². The summed E-state index contributed by atoms with van der Waals surface area (Å²) in [6, 6.07) is 15.9.